The highest BCUT2D eigenvalue weighted by atomic mass is 16.2. The van der Waals surface area contributed by atoms with Crippen molar-refractivity contribution in [3.63, 3.8) is 0 Å². The molecule has 1 saturated heterocycles. The van der Waals surface area contributed by atoms with Crippen LogP contribution >= 0.6 is 0 Å². The number of amides is 1. The van der Waals surface area contributed by atoms with Gasteiger partial charge in [0, 0.05) is 41.7 Å². The lowest BCUT2D eigenvalue weighted by atomic mass is 9.74. The summed E-state index contributed by atoms with van der Waals surface area (Å²) in [6.45, 7) is 3.95. The summed E-state index contributed by atoms with van der Waals surface area (Å²) < 4.78 is 0. The van der Waals surface area contributed by atoms with Gasteiger partial charge in [-0.3, -0.25) is 4.79 Å². The van der Waals surface area contributed by atoms with Crippen molar-refractivity contribution in [2.24, 2.45) is 0 Å². The predicted octanol–water partition coefficient (Wildman–Crippen LogP) is 2.59. The van der Waals surface area contributed by atoms with E-state index in [1.54, 1.807) is 0 Å². The number of likely N-dealkylation sites (tertiary alicyclic amines) is 1. The first kappa shape index (κ1) is 10.9. The largest absolute Gasteiger partial charge is 0.361 e. The fraction of sp³-hybridized carbons (Fsp3) is 0.312. The van der Waals surface area contributed by atoms with Crippen LogP contribution in [-0.2, 0) is 11.2 Å². The number of aromatic nitrogens is 1. The number of fused-ring (bicyclic) bond motifs is 2. The summed E-state index contributed by atoms with van der Waals surface area (Å²) in [5, 5.41) is 1.36. The number of hydrogen-bond donors (Lipinski definition) is 1. The number of nitrogens with one attached hydrogen (secondary N) is 1. The third kappa shape index (κ3) is 1.30. The smallest absolute Gasteiger partial charge is 0.249 e. The molecule has 0 bridgehead atoms. The van der Waals surface area contributed by atoms with Gasteiger partial charge in [-0.05, 0) is 30.0 Å². The minimum Gasteiger partial charge on any atom is -0.361 e. The number of H-pyrrole nitrogens is 1. The van der Waals surface area contributed by atoms with Crippen molar-refractivity contribution in [2.75, 3.05) is 7.05 Å². The average Bonchev–Trinajstić information content (AvgIpc) is 2.83. The molecule has 2 atom stereocenters. The summed E-state index contributed by atoms with van der Waals surface area (Å²) in [6, 6.07) is 6.69. The van der Waals surface area contributed by atoms with Gasteiger partial charge in [-0.2, -0.15) is 0 Å². The number of likely N-dealkylation sites (N-methyl/N-ethyl adjacent to an activating group) is 1. The van der Waals surface area contributed by atoms with Crippen molar-refractivity contribution >= 4 is 16.8 Å². The van der Waals surface area contributed by atoms with Crippen LogP contribution in [0, 0.1) is 0 Å². The standard InChI is InChI=1S/C16H16N2O/c1-9-6-12-11-4-3-5-13-15(11)10(8-17-13)7-14(12)18(2)16(9)19/h3-5,8,12,14,17H,1,6-7H2,2H3. The molecule has 2 heterocycles. The quantitative estimate of drug-likeness (QED) is 0.719. The highest BCUT2D eigenvalue weighted by Crippen LogP contribution is 2.44. The van der Waals surface area contributed by atoms with Gasteiger partial charge >= 0.3 is 0 Å². The fourth-order valence-electron chi connectivity index (χ4n) is 3.74. The first-order valence-electron chi connectivity index (χ1n) is 6.70. The van der Waals surface area contributed by atoms with Gasteiger partial charge in [-0.25, -0.2) is 0 Å². The Morgan fingerprint density at radius 2 is 2.21 bits per heavy atom. The fourth-order valence-corrected chi connectivity index (χ4v) is 3.74. The molecule has 1 aliphatic heterocycles. The lowest BCUT2D eigenvalue weighted by Crippen LogP contribution is -2.48. The molecular weight excluding hydrogens is 236 g/mol. The highest BCUT2D eigenvalue weighted by Gasteiger charge is 2.40. The second kappa shape index (κ2) is 3.50. The van der Waals surface area contributed by atoms with Gasteiger partial charge in [0.25, 0.3) is 0 Å². The van der Waals surface area contributed by atoms with Gasteiger partial charge in [0.2, 0.25) is 5.91 Å². The zero-order chi connectivity index (χ0) is 13.1. The van der Waals surface area contributed by atoms with Crippen molar-refractivity contribution < 1.29 is 4.79 Å². The third-order valence-corrected chi connectivity index (χ3v) is 4.70. The second-order valence-electron chi connectivity index (χ2n) is 5.69. The number of aromatic amines is 1. The third-order valence-electron chi connectivity index (χ3n) is 4.70. The second-order valence-corrected chi connectivity index (χ2v) is 5.69. The van der Waals surface area contributed by atoms with Crippen LogP contribution in [0.4, 0.5) is 0 Å². The molecule has 3 heteroatoms. The number of nitrogens with zero attached hydrogens (tertiary/aromatic N) is 1. The van der Waals surface area contributed by atoms with Crippen molar-refractivity contribution in [3.05, 3.63) is 47.7 Å². The van der Waals surface area contributed by atoms with Crippen molar-refractivity contribution in [3.8, 4) is 0 Å². The van der Waals surface area contributed by atoms with Gasteiger partial charge in [0.05, 0.1) is 0 Å². The summed E-state index contributed by atoms with van der Waals surface area (Å²) in [5.74, 6) is 0.495. The Labute approximate surface area is 111 Å². The molecule has 0 radical (unpaired) electrons. The Bertz CT molecular complexity index is 713. The lowest BCUT2D eigenvalue weighted by Gasteiger charge is -2.42. The molecule has 1 aromatic heterocycles. The van der Waals surface area contributed by atoms with E-state index in [9.17, 15) is 4.79 Å². The van der Waals surface area contributed by atoms with E-state index in [2.05, 4.69) is 36.0 Å². The number of hydrogen-bond acceptors (Lipinski definition) is 1. The van der Waals surface area contributed by atoms with Crippen LogP contribution in [0.2, 0.25) is 0 Å². The Hall–Kier alpha value is -2.03. The van der Waals surface area contributed by atoms with Crippen molar-refractivity contribution in [1.29, 1.82) is 0 Å². The van der Waals surface area contributed by atoms with Crippen LogP contribution in [0.15, 0.2) is 36.5 Å². The van der Waals surface area contributed by atoms with E-state index in [1.807, 2.05) is 11.9 Å². The monoisotopic (exact) mass is 252 g/mol. The number of rotatable bonds is 0. The molecule has 0 saturated carbocycles. The van der Waals surface area contributed by atoms with Gasteiger partial charge in [0.1, 0.15) is 0 Å². The van der Waals surface area contributed by atoms with Crippen LogP contribution in [0.3, 0.4) is 0 Å². The highest BCUT2D eigenvalue weighted by molar-refractivity contribution is 5.95. The van der Waals surface area contributed by atoms with Gasteiger partial charge in [-0.1, -0.05) is 18.7 Å². The number of piperidine rings is 1. The van der Waals surface area contributed by atoms with E-state index in [0.717, 1.165) is 18.4 Å². The summed E-state index contributed by atoms with van der Waals surface area (Å²) >= 11 is 0. The van der Waals surface area contributed by atoms with Gasteiger partial charge in [0.15, 0.2) is 0 Å². The minimum atomic E-state index is 0.104. The van der Waals surface area contributed by atoms with Crippen LogP contribution in [0.1, 0.15) is 23.5 Å². The summed E-state index contributed by atoms with van der Waals surface area (Å²) in [5.41, 5.74) is 4.64. The molecule has 2 aromatic rings. The molecule has 4 rings (SSSR count). The molecule has 96 valence electrons. The summed E-state index contributed by atoms with van der Waals surface area (Å²) in [4.78, 5) is 17.3. The van der Waals surface area contributed by atoms with E-state index in [0.29, 0.717) is 5.92 Å². The molecule has 0 spiro atoms. The van der Waals surface area contributed by atoms with E-state index >= 15 is 0 Å². The maximum absolute atomic E-state index is 12.1. The maximum atomic E-state index is 12.1. The molecule has 19 heavy (non-hydrogen) atoms. The molecule has 1 aliphatic carbocycles. The Balaban J connectivity index is 1.94. The first-order valence-corrected chi connectivity index (χ1v) is 6.70. The zero-order valence-electron chi connectivity index (χ0n) is 10.9. The van der Waals surface area contributed by atoms with Gasteiger partial charge in [-0.15, -0.1) is 0 Å². The Morgan fingerprint density at radius 1 is 1.37 bits per heavy atom. The molecule has 1 N–H and O–H groups in total. The van der Waals surface area contributed by atoms with E-state index < -0.39 is 0 Å². The predicted molar refractivity (Wildman–Crippen MR) is 75.1 cm³/mol. The molecule has 2 unspecified atom stereocenters. The summed E-state index contributed by atoms with van der Waals surface area (Å²) in [7, 11) is 1.90. The van der Waals surface area contributed by atoms with E-state index in [1.165, 1.54) is 22.0 Å². The van der Waals surface area contributed by atoms with E-state index in [-0.39, 0.29) is 11.9 Å². The maximum Gasteiger partial charge on any atom is 0.249 e. The lowest BCUT2D eigenvalue weighted by molar-refractivity contribution is -0.130. The van der Waals surface area contributed by atoms with Crippen LogP contribution in [-0.4, -0.2) is 28.9 Å². The van der Waals surface area contributed by atoms with Crippen LogP contribution in [0.5, 0.6) is 0 Å². The molecule has 1 amide bonds. The van der Waals surface area contributed by atoms with Gasteiger partial charge < -0.3 is 9.88 Å². The SMILES string of the molecule is C=C1CC2c3cccc4[nH]cc(c34)CC2N(C)C1=O. The van der Waals surface area contributed by atoms with E-state index in [4.69, 9.17) is 0 Å². The molecule has 3 nitrogen and oxygen atoms in total. The first-order chi connectivity index (χ1) is 9.16. The topological polar surface area (TPSA) is 36.1 Å². The van der Waals surface area contributed by atoms with Crippen LogP contribution in [0.25, 0.3) is 10.9 Å². The molecule has 1 fully saturated rings. The minimum absolute atomic E-state index is 0.104. The number of benzene rings is 1. The normalized spacial score (nSPS) is 25.8. The number of carbonyl (C=O) groups excluding carboxylic acids is 1. The summed E-state index contributed by atoms with van der Waals surface area (Å²) in [6.07, 6.45) is 3.82. The van der Waals surface area contributed by atoms with Crippen molar-refractivity contribution in [2.45, 2.75) is 24.8 Å². The molecular formula is C16H16N2O. The zero-order valence-corrected chi connectivity index (χ0v) is 10.9. The Morgan fingerprint density at radius 3 is 3.05 bits per heavy atom. The Kier molecular flexibility index (Phi) is 2.00. The van der Waals surface area contributed by atoms with Crippen molar-refractivity contribution in [1.82, 2.24) is 9.88 Å². The molecule has 1 aromatic carbocycles. The average molecular weight is 252 g/mol. The van der Waals surface area contributed by atoms with Crippen LogP contribution < -0.4 is 0 Å². The number of carbonyl (C=O) groups is 1. The molecule has 2 aliphatic rings.